The van der Waals surface area contributed by atoms with E-state index in [4.69, 9.17) is 18.9 Å². The Kier molecular flexibility index (Phi) is 8.48. The number of hydrogen-bond donors (Lipinski definition) is 0. The predicted octanol–water partition coefficient (Wildman–Crippen LogP) is 3.50. The van der Waals surface area contributed by atoms with Gasteiger partial charge in [0.05, 0.1) is 20.3 Å². The van der Waals surface area contributed by atoms with Crippen molar-refractivity contribution in [2.24, 2.45) is 5.92 Å². The van der Waals surface area contributed by atoms with E-state index >= 15 is 0 Å². The van der Waals surface area contributed by atoms with Gasteiger partial charge in [0.1, 0.15) is 0 Å². The Morgan fingerprint density at radius 3 is 2.47 bits per heavy atom. The largest absolute Gasteiger partial charge is 0.493 e. The summed E-state index contributed by atoms with van der Waals surface area (Å²) >= 11 is 0. The maximum atomic E-state index is 12.0. The van der Waals surface area contributed by atoms with E-state index in [0.29, 0.717) is 31.1 Å². The van der Waals surface area contributed by atoms with Gasteiger partial charge in [0.2, 0.25) is 0 Å². The molecule has 32 heavy (non-hydrogen) atoms. The second-order valence-corrected chi connectivity index (χ2v) is 7.76. The molecule has 0 amide bonds. The van der Waals surface area contributed by atoms with E-state index in [9.17, 15) is 9.59 Å². The summed E-state index contributed by atoms with van der Waals surface area (Å²) in [6, 6.07) is 7.64. The van der Waals surface area contributed by atoms with Crippen LogP contribution in [-0.4, -0.2) is 38.9 Å². The summed E-state index contributed by atoms with van der Waals surface area (Å²) in [4.78, 5) is 23.9. The van der Waals surface area contributed by atoms with Gasteiger partial charge in [0.25, 0.3) is 0 Å². The van der Waals surface area contributed by atoms with E-state index in [1.165, 1.54) is 12.8 Å². The van der Waals surface area contributed by atoms with Gasteiger partial charge in [-0.1, -0.05) is 12.1 Å². The summed E-state index contributed by atoms with van der Waals surface area (Å²) in [6.45, 7) is 4.97. The number of aryl methyl sites for hydroxylation is 1. The standard InChI is InChI=1S/C25H32NO6/c1-4-30-23(27)12-11-19-16-26(15-18-9-10-18)14-13-20(19)21-7-6-8-22(29-3)25(21)32-17-24(28)31-5-2/h6-8,13-14,16,18H,4-5,9-12,15,17H2,1-3H3/q+1. The minimum absolute atomic E-state index is 0.214. The highest BCUT2D eigenvalue weighted by atomic mass is 16.6. The molecule has 0 atom stereocenters. The molecule has 0 unspecified atom stereocenters. The minimum Gasteiger partial charge on any atom is -0.493 e. The second kappa shape index (κ2) is 11.5. The molecule has 1 aromatic carbocycles. The molecular weight excluding hydrogens is 410 g/mol. The summed E-state index contributed by atoms with van der Waals surface area (Å²) in [5.74, 6) is 1.06. The third-order valence-corrected chi connectivity index (χ3v) is 5.30. The lowest BCUT2D eigenvalue weighted by Crippen LogP contribution is -2.34. The van der Waals surface area contributed by atoms with Gasteiger partial charge in [-0.25, -0.2) is 9.36 Å². The number of carbonyl (C=O) groups excluding carboxylic acids is 2. The van der Waals surface area contributed by atoms with E-state index in [0.717, 1.165) is 29.2 Å². The number of para-hydroxylation sites is 1. The Hall–Kier alpha value is -3.09. The molecule has 7 heteroatoms. The van der Waals surface area contributed by atoms with Crippen molar-refractivity contribution in [2.45, 2.75) is 46.1 Å². The molecule has 3 rings (SSSR count). The predicted molar refractivity (Wildman–Crippen MR) is 118 cm³/mol. The highest BCUT2D eigenvalue weighted by Gasteiger charge is 2.27. The Balaban J connectivity index is 1.94. The number of carbonyl (C=O) groups is 2. The minimum atomic E-state index is -0.442. The number of rotatable bonds is 12. The number of pyridine rings is 1. The first-order valence-electron chi connectivity index (χ1n) is 11.2. The van der Waals surface area contributed by atoms with Crippen LogP contribution in [0.3, 0.4) is 0 Å². The van der Waals surface area contributed by atoms with Gasteiger partial charge in [-0.2, -0.15) is 0 Å². The Bertz CT molecular complexity index is 938. The van der Waals surface area contributed by atoms with Crippen LogP contribution in [0, 0.1) is 5.92 Å². The fourth-order valence-corrected chi connectivity index (χ4v) is 3.61. The number of nitrogens with zero attached hydrogens (tertiary/aromatic N) is 1. The van der Waals surface area contributed by atoms with Crippen molar-refractivity contribution in [3.8, 4) is 22.6 Å². The molecule has 0 saturated heterocycles. The smallest absolute Gasteiger partial charge is 0.344 e. The molecule has 0 bridgehead atoms. The molecule has 1 aromatic heterocycles. The quantitative estimate of drug-likeness (QED) is 0.370. The number of ether oxygens (including phenoxy) is 4. The van der Waals surface area contributed by atoms with Gasteiger partial charge in [-0.05, 0) is 39.2 Å². The lowest BCUT2D eigenvalue weighted by atomic mass is 9.97. The fourth-order valence-electron chi connectivity index (χ4n) is 3.61. The van der Waals surface area contributed by atoms with Crippen molar-refractivity contribution in [1.82, 2.24) is 0 Å². The zero-order valence-electron chi connectivity index (χ0n) is 19.1. The molecule has 1 saturated carbocycles. The third kappa shape index (κ3) is 6.45. The van der Waals surface area contributed by atoms with E-state index in [2.05, 4.69) is 17.0 Å². The van der Waals surface area contributed by atoms with Crippen LogP contribution >= 0.6 is 0 Å². The number of aromatic nitrogens is 1. The first-order chi connectivity index (χ1) is 15.5. The van der Waals surface area contributed by atoms with Crippen LogP contribution in [0.5, 0.6) is 11.5 Å². The topological polar surface area (TPSA) is 74.9 Å². The van der Waals surface area contributed by atoms with Crippen molar-refractivity contribution in [1.29, 1.82) is 0 Å². The first-order valence-corrected chi connectivity index (χ1v) is 11.2. The van der Waals surface area contributed by atoms with Crippen LogP contribution in [0.15, 0.2) is 36.7 Å². The molecule has 0 aliphatic heterocycles. The molecule has 1 aliphatic carbocycles. The molecule has 172 valence electrons. The van der Waals surface area contributed by atoms with Crippen molar-refractivity contribution >= 4 is 11.9 Å². The Morgan fingerprint density at radius 1 is 1.03 bits per heavy atom. The molecule has 0 N–H and O–H groups in total. The average Bonchev–Trinajstić information content (AvgIpc) is 3.60. The molecule has 0 radical (unpaired) electrons. The maximum Gasteiger partial charge on any atom is 0.344 e. The average molecular weight is 443 g/mol. The maximum absolute atomic E-state index is 12.0. The highest BCUT2D eigenvalue weighted by Crippen LogP contribution is 2.39. The molecule has 1 fully saturated rings. The van der Waals surface area contributed by atoms with Gasteiger partial charge in [-0.3, -0.25) is 4.79 Å². The summed E-state index contributed by atoms with van der Waals surface area (Å²) in [7, 11) is 1.56. The van der Waals surface area contributed by atoms with Gasteiger partial charge < -0.3 is 18.9 Å². The zero-order chi connectivity index (χ0) is 22.9. The van der Waals surface area contributed by atoms with Crippen LogP contribution < -0.4 is 14.0 Å². The van der Waals surface area contributed by atoms with Gasteiger partial charge in [-0.15, -0.1) is 0 Å². The van der Waals surface area contributed by atoms with E-state index in [1.807, 2.05) is 18.2 Å². The molecule has 1 heterocycles. The number of hydrogen-bond acceptors (Lipinski definition) is 6. The lowest BCUT2D eigenvalue weighted by Gasteiger charge is -2.16. The third-order valence-electron chi connectivity index (χ3n) is 5.30. The van der Waals surface area contributed by atoms with Gasteiger partial charge >= 0.3 is 11.9 Å². The van der Waals surface area contributed by atoms with Crippen LogP contribution in [0.4, 0.5) is 0 Å². The normalized spacial score (nSPS) is 12.8. The summed E-state index contributed by atoms with van der Waals surface area (Å²) in [5.41, 5.74) is 2.74. The number of methoxy groups -OCH3 is 1. The summed E-state index contributed by atoms with van der Waals surface area (Å²) in [5, 5.41) is 0. The highest BCUT2D eigenvalue weighted by molar-refractivity contribution is 5.78. The lowest BCUT2D eigenvalue weighted by molar-refractivity contribution is -0.700. The van der Waals surface area contributed by atoms with E-state index < -0.39 is 5.97 Å². The van der Waals surface area contributed by atoms with Crippen LogP contribution in [-0.2, 0) is 32.0 Å². The van der Waals surface area contributed by atoms with Gasteiger partial charge in [0, 0.05) is 35.1 Å². The van der Waals surface area contributed by atoms with Crippen LogP contribution in [0.25, 0.3) is 11.1 Å². The van der Waals surface area contributed by atoms with Crippen LogP contribution in [0.2, 0.25) is 0 Å². The summed E-state index contributed by atoms with van der Waals surface area (Å²) < 4.78 is 23.6. The second-order valence-electron chi connectivity index (χ2n) is 7.76. The Morgan fingerprint density at radius 2 is 1.78 bits per heavy atom. The van der Waals surface area contributed by atoms with Gasteiger partial charge in [0.15, 0.2) is 37.0 Å². The molecule has 7 nitrogen and oxygen atoms in total. The molecule has 1 aliphatic rings. The van der Waals surface area contributed by atoms with Crippen molar-refractivity contribution in [3.05, 3.63) is 42.2 Å². The van der Waals surface area contributed by atoms with Crippen molar-refractivity contribution in [3.63, 3.8) is 0 Å². The summed E-state index contributed by atoms with van der Waals surface area (Å²) in [6.07, 6.45) is 7.49. The van der Waals surface area contributed by atoms with E-state index in [1.54, 1.807) is 27.0 Å². The van der Waals surface area contributed by atoms with Crippen LogP contribution in [0.1, 0.15) is 38.7 Å². The molecular formula is C25H32NO6+. The van der Waals surface area contributed by atoms with Crippen molar-refractivity contribution in [2.75, 3.05) is 26.9 Å². The molecule has 0 spiro atoms. The first kappa shape index (κ1) is 23.6. The Labute approximate surface area is 189 Å². The fraction of sp³-hybridized carbons (Fsp3) is 0.480. The zero-order valence-corrected chi connectivity index (χ0v) is 19.1. The number of esters is 2. The van der Waals surface area contributed by atoms with Crippen molar-refractivity contribution < 1.29 is 33.1 Å². The monoisotopic (exact) mass is 442 g/mol. The molecule has 2 aromatic rings. The number of benzene rings is 1. The SMILES string of the molecule is CCOC(=O)CCc1c[n+](CC2CC2)ccc1-c1cccc(OC)c1OCC(=O)OCC. The van der Waals surface area contributed by atoms with E-state index in [-0.39, 0.29) is 19.0 Å².